The lowest BCUT2D eigenvalue weighted by molar-refractivity contribution is 0.630. The maximum atomic E-state index is 13.8. The molecule has 96 valence electrons. The van der Waals surface area contributed by atoms with Crippen LogP contribution in [0.15, 0.2) is 55.0 Å². The molecule has 0 aliphatic carbocycles. The van der Waals surface area contributed by atoms with Crippen molar-refractivity contribution in [3.63, 3.8) is 0 Å². The molecule has 2 aromatic heterocycles. The first-order valence-electron chi connectivity index (χ1n) is 6.29. The van der Waals surface area contributed by atoms with Crippen molar-refractivity contribution < 1.29 is 4.39 Å². The fourth-order valence-electron chi connectivity index (χ4n) is 2.48. The third-order valence-electron chi connectivity index (χ3n) is 3.40. The smallest absolute Gasteiger partial charge is 0.124 e. The van der Waals surface area contributed by atoms with Crippen molar-refractivity contribution in [3.05, 3.63) is 60.8 Å². The van der Waals surface area contributed by atoms with Crippen molar-refractivity contribution in [1.82, 2.24) is 15.0 Å². The van der Waals surface area contributed by atoms with E-state index < -0.39 is 0 Å². The Labute approximate surface area is 114 Å². The topological polar surface area (TPSA) is 41.6 Å². The molecule has 0 amide bonds. The largest absolute Gasteiger partial charge is 0.345 e. The molecule has 0 spiro atoms. The zero-order chi connectivity index (χ0) is 13.5. The highest BCUT2D eigenvalue weighted by atomic mass is 19.1. The second-order valence-electron chi connectivity index (χ2n) is 4.66. The molecule has 0 unspecified atom stereocenters. The molecule has 0 atom stereocenters. The molecule has 2 aromatic carbocycles. The molecule has 4 rings (SSSR count). The predicted octanol–water partition coefficient (Wildman–Crippen LogP) is 3.92. The van der Waals surface area contributed by atoms with Gasteiger partial charge >= 0.3 is 0 Å². The van der Waals surface area contributed by atoms with E-state index in [-0.39, 0.29) is 5.82 Å². The Hall–Kier alpha value is -2.75. The van der Waals surface area contributed by atoms with E-state index in [0.29, 0.717) is 0 Å². The van der Waals surface area contributed by atoms with E-state index in [1.54, 1.807) is 12.5 Å². The number of hydrogen-bond donors (Lipinski definition) is 1. The number of benzene rings is 2. The summed E-state index contributed by atoms with van der Waals surface area (Å²) in [6.45, 7) is 0. The molecule has 0 bridgehead atoms. The monoisotopic (exact) mass is 263 g/mol. The predicted molar refractivity (Wildman–Crippen MR) is 76.8 cm³/mol. The molecular weight excluding hydrogens is 253 g/mol. The van der Waals surface area contributed by atoms with E-state index in [2.05, 4.69) is 15.0 Å². The summed E-state index contributed by atoms with van der Waals surface area (Å²) in [4.78, 5) is 11.6. The molecule has 4 aromatic rings. The lowest BCUT2D eigenvalue weighted by Gasteiger charge is -2.06. The van der Waals surface area contributed by atoms with Crippen molar-refractivity contribution in [1.29, 1.82) is 0 Å². The van der Waals surface area contributed by atoms with E-state index >= 15 is 0 Å². The third kappa shape index (κ3) is 1.66. The Morgan fingerprint density at radius 2 is 1.95 bits per heavy atom. The number of pyridine rings is 1. The fraction of sp³-hybridized carbons (Fsp3) is 0. The van der Waals surface area contributed by atoms with Crippen LogP contribution in [0.25, 0.3) is 33.1 Å². The molecule has 3 nitrogen and oxygen atoms in total. The first kappa shape index (κ1) is 11.1. The summed E-state index contributed by atoms with van der Waals surface area (Å²) in [6, 6.07) is 12.5. The van der Waals surface area contributed by atoms with Gasteiger partial charge in [0, 0.05) is 17.1 Å². The molecule has 0 saturated heterocycles. The summed E-state index contributed by atoms with van der Waals surface area (Å²) in [5, 5.41) is 0.798. The van der Waals surface area contributed by atoms with E-state index in [4.69, 9.17) is 0 Å². The van der Waals surface area contributed by atoms with Crippen molar-refractivity contribution in [2.24, 2.45) is 0 Å². The maximum absolute atomic E-state index is 13.8. The Morgan fingerprint density at radius 1 is 1.00 bits per heavy atom. The van der Waals surface area contributed by atoms with Gasteiger partial charge in [-0.3, -0.25) is 4.98 Å². The van der Waals surface area contributed by atoms with Crippen molar-refractivity contribution in [2.45, 2.75) is 0 Å². The van der Waals surface area contributed by atoms with Gasteiger partial charge in [-0.1, -0.05) is 12.1 Å². The lowest BCUT2D eigenvalue weighted by atomic mass is 10.0. The summed E-state index contributed by atoms with van der Waals surface area (Å²) >= 11 is 0. The van der Waals surface area contributed by atoms with Gasteiger partial charge in [-0.2, -0.15) is 0 Å². The van der Waals surface area contributed by atoms with Crippen LogP contribution in [0.1, 0.15) is 0 Å². The van der Waals surface area contributed by atoms with Crippen LogP contribution >= 0.6 is 0 Å². The average Bonchev–Trinajstić information content (AvgIpc) is 2.93. The first-order valence-corrected chi connectivity index (χ1v) is 6.29. The Balaban J connectivity index is 2.05. The SMILES string of the molecule is Fc1cc(-c2ccc3nc[nH]c3c2)c2ncccc2c1. The van der Waals surface area contributed by atoms with Crippen molar-refractivity contribution in [3.8, 4) is 11.1 Å². The summed E-state index contributed by atoms with van der Waals surface area (Å²) in [6.07, 6.45) is 3.37. The van der Waals surface area contributed by atoms with Crippen LogP contribution < -0.4 is 0 Å². The van der Waals surface area contributed by atoms with Crippen LogP contribution in [0, 0.1) is 5.82 Å². The minimum Gasteiger partial charge on any atom is -0.345 e. The normalized spacial score (nSPS) is 11.2. The van der Waals surface area contributed by atoms with Gasteiger partial charge in [0.05, 0.1) is 22.9 Å². The highest BCUT2D eigenvalue weighted by Gasteiger charge is 2.08. The van der Waals surface area contributed by atoms with Crippen LogP contribution in [0.5, 0.6) is 0 Å². The van der Waals surface area contributed by atoms with Gasteiger partial charge < -0.3 is 4.98 Å². The summed E-state index contributed by atoms with van der Waals surface area (Å²) in [7, 11) is 0. The molecule has 0 saturated carbocycles. The maximum Gasteiger partial charge on any atom is 0.124 e. The zero-order valence-corrected chi connectivity index (χ0v) is 10.5. The quantitative estimate of drug-likeness (QED) is 0.565. The van der Waals surface area contributed by atoms with Gasteiger partial charge in [0.1, 0.15) is 5.82 Å². The standard InChI is InChI=1S/C16H10FN3/c17-12-6-11-2-1-5-18-16(11)13(8-12)10-3-4-14-15(7-10)20-9-19-14/h1-9H,(H,19,20). The molecule has 0 radical (unpaired) electrons. The third-order valence-corrected chi connectivity index (χ3v) is 3.40. The lowest BCUT2D eigenvalue weighted by Crippen LogP contribution is -1.87. The Bertz CT molecular complexity index is 927. The summed E-state index contributed by atoms with van der Waals surface area (Å²) in [5.41, 5.74) is 4.33. The molecule has 0 aliphatic rings. The first-order chi connectivity index (χ1) is 9.81. The van der Waals surface area contributed by atoms with E-state index in [9.17, 15) is 4.39 Å². The minimum absolute atomic E-state index is 0.259. The second kappa shape index (κ2) is 4.13. The average molecular weight is 263 g/mol. The van der Waals surface area contributed by atoms with Crippen LogP contribution in [0.4, 0.5) is 4.39 Å². The van der Waals surface area contributed by atoms with E-state index in [1.807, 2.05) is 30.3 Å². The van der Waals surface area contributed by atoms with Crippen LogP contribution in [0.2, 0.25) is 0 Å². The van der Waals surface area contributed by atoms with E-state index in [1.165, 1.54) is 12.1 Å². The second-order valence-corrected chi connectivity index (χ2v) is 4.66. The number of imidazole rings is 1. The van der Waals surface area contributed by atoms with Gasteiger partial charge in [-0.05, 0) is 35.9 Å². The number of fused-ring (bicyclic) bond motifs is 2. The number of nitrogens with one attached hydrogen (secondary N) is 1. The minimum atomic E-state index is -0.259. The van der Waals surface area contributed by atoms with Crippen LogP contribution in [-0.2, 0) is 0 Å². The van der Waals surface area contributed by atoms with Crippen LogP contribution in [-0.4, -0.2) is 15.0 Å². The highest BCUT2D eigenvalue weighted by molar-refractivity contribution is 5.95. The number of aromatic amines is 1. The summed E-state index contributed by atoms with van der Waals surface area (Å²) in [5.74, 6) is -0.259. The van der Waals surface area contributed by atoms with Crippen molar-refractivity contribution in [2.75, 3.05) is 0 Å². The number of nitrogens with zero attached hydrogens (tertiary/aromatic N) is 2. The molecule has 1 N–H and O–H groups in total. The molecule has 4 heteroatoms. The van der Waals surface area contributed by atoms with Gasteiger partial charge in [-0.25, -0.2) is 9.37 Å². The zero-order valence-electron chi connectivity index (χ0n) is 10.5. The number of H-pyrrole nitrogens is 1. The van der Waals surface area contributed by atoms with Gasteiger partial charge in [0.2, 0.25) is 0 Å². The Kier molecular flexibility index (Phi) is 2.29. The van der Waals surface area contributed by atoms with Crippen molar-refractivity contribution >= 4 is 21.9 Å². The molecule has 0 fully saturated rings. The van der Waals surface area contributed by atoms with E-state index in [0.717, 1.165) is 33.1 Å². The van der Waals surface area contributed by atoms with Crippen LogP contribution in [0.3, 0.4) is 0 Å². The molecule has 0 aliphatic heterocycles. The number of hydrogen-bond acceptors (Lipinski definition) is 2. The van der Waals surface area contributed by atoms with Gasteiger partial charge in [0.25, 0.3) is 0 Å². The van der Waals surface area contributed by atoms with Gasteiger partial charge in [-0.15, -0.1) is 0 Å². The fourth-order valence-corrected chi connectivity index (χ4v) is 2.48. The Morgan fingerprint density at radius 3 is 2.90 bits per heavy atom. The number of halogens is 1. The summed E-state index contributed by atoms with van der Waals surface area (Å²) < 4.78 is 13.8. The number of aromatic nitrogens is 3. The molecule has 20 heavy (non-hydrogen) atoms. The molecular formula is C16H10FN3. The number of rotatable bonds is 1. The highest BCUT2D eigenvalue weighted by Crippen LogP contribution is 2.29. The van der Waals surface area contributed by atoms with Gasteiger partial charge in [0.15, 0.2) is 0 Å². The molecule has 2 heterocycles.